The van der Waals surface area contributed by atoms with Gasteiger partial charge in [0.05, 0.1) is 0 Å². The molecule has 0 spiro atoms. The largest absolute Gasteiger partial charge is 0.476 e. The lowest BCUT2D eigenvalue weighted by Gasteiger charge is -2.10. The van der Waals surface area contributed by atoms with Gasteiger partial charge in [0.1, 0.15) is 12.3 Å². The Bertz CT molecular complexity index is 353. The maximum absolute atomic E-state index is 12.3. The average Bonchev–Trinajstić information content (AvgIpc) is 2.23. The van der Waals surface area contributed by atoms with E-state index in [-0.39, 0.29) is 12.5 Å². The molecule has 0 bridgehead atoms. The van der Waals surface area contributed by atoms with E-state index >= 15 is 0 Å². The third kappa shape index (κ3) is 5.04. The van der Waals surface area contributed by atoms with Gasteiger partial charge in [-0.3, -0.25) is 0 Å². The van der Waals surface area contributed by atoms with Gasteiger partial charge in [0.25, 0.3) is 0 Å². The molecule has 0 saturated carbocycles. The van der Waals surface area contributed by atoms with E-state index in [0.29, 0.717) is 12.6 Å². The first kappa shape index (κ1) is 13.8. The van der Waals surface area contributed by atoms with Gasteiger partial charge in [-0.2, -0.15) is 13.2 Å². The summed E-state index contributed by atoms with van der Waals surface area (Å²) in [5, 5.41) is 3.09. The number of halogens is 3. The Morgan fingerprint density at radius 1 is 1.35 bits per heavy atom. The van der Waals surface area contributed by atoms with Crippen molar-refractivity contribution in [2.75, 3.05) is 13.2 Å². The lowest BCUT2D eigenvalue weighted by Crippen LogP contribution is -2.27. The van der Waals surface area contributed by atoms with Crippen molar-refractivity contribution in [2.45, 2.75) is 26.1 Å². The molecule has 0 amide bonds. The molecule has 0 unspecified atom stereocenters. The van der Waals surface area contributed by atoms with Crippen LogP contribution in [0.25, 0.3) is 0 Å². The molecule has 1 aromatic rings. The van der Waals surface area contributed by atoms with Gasteiger partial charge in [0.2, 0.25) is 5.88 Å². The molecule has 17 heavy (non-hydrogen) atoms. The summed E-state index contributed by atoms with van der Waals surface area (Å²) in [6, 6.07) is 3.92. The number of pyridine rings is 1. The first-order valence-electron chi connectivity index (χ1n) is 5.30. The standard InChI is InChI=1S/C11H15F3N2O/c1-8(2)15-6-7-17-10-5-3-4-9(16-10)11(12,13)14/h3-5,8,15H,6-7H2,1-2H3. The van der Waals surface area contributed by atoms with Gasteiger partial charge in [-0.25, -0.2) is 4.98 Å². The highest BCUT2D eigenvalue weighted by Gasteiger charge is 2.32. The van der Waals surface area contributed by atoms with Crippen molar-refractivity contribution in [1.29, 1.82) is 0 Å². The molecule has 1 heterocycles. The Morgan fingerprint density at radius 3 is 2.65 bits per heavy atom. The zero-order valence-electron chi connectivity index (χ0n) is 9.71. The van der Waals surface area contributed by atoms with E-state index in [1.165, 1.54) is 12.1 Å². The highest BCUT2D eigenvalue weighted by atomic mass is 19.4. The van der Waals surface area contributed by atoms with Crippen LogP contribution in [0.5, 0.6) is 5.88 Å². The first-order valence-corrected chi connectivity index (χ1v) is 5.30. The average molecular weight is 248 g/mol. The van der Waals surface area contributed by atoms with Crippen molar-refractivity contribution in [1.82, 2.24) is 10.3 Å². The number of hydrogen-bond acceptors (Lipinski definition) is 3. The van der Waals surface area contributed by atoms with Gasteiger partial charge in [0.15, 0.2) is 0 Å². The van der Waals surface area contributed by atoms with E-state index in [0.717, 1.165) is 6.07 Å². The van der Waals surface area contributed by atoms with E-state index in [1.54, 1.807) is 0 Å². The monoisotopic (exact) mass is 248 g/mol. The highest BCUT2D eigenvalue weighted by molar-refractivity contribution is 5.17. The summed E-state index contributed by atoms with van der Waals surface area (Å²) in [4.78, 5) is 3.39. The number of aromatic nitrogens is 1. The fourth-order valence-electron chi connectivity index (χ4n) is 1.16. The number of alkyl halides is 3. The molecule has 0 aliphatic carbocycles. The van der Waals surface area contributed by atoms with Gasteiger partial charge in [0, 0.05) is 18.7 Å². The van der Waals surface area contributed by atoms with Crippen molar-refractivity contribution < 1.29 is 17.9 Å². The van der Waals surface area contributed by atoms with Crippen LogP contribution in [0.2, 0.25) is 0 Å². The number of hydrogen-bond donors (Lipinski definition) is 1. The summed E-state index contributed by atoms with van der Waals surface area (Å²) < 4.78 is 42.1. The highest BCUT2D eigenvalue weighted by Crippen LogP contribution is 2.28. The Kier molecular flexibility index (Phi) is 4.74. The molecule has 0 radical (unpaired) electrons. The summed E-state index contributed by atoms with van der Waals surface area (Å²) in [5.41, 5.74) is -0.938. The Morgan fingerprint density at radius 2 is 2.06 bits per heavy atom. The molecule has 0 saturated heterocycles. The predicted molar refractivity (Wildman–Crippen MR) is 57.9 cm³/mol. The minimum absolute atomic E-state index is 0.00891. The summed E-state index contributed by atoms with van der Waals surface area (Å²) in [6.45, 7) is 4.80. The molecule has 0 fully saturated rings. The second-order valence-electron chi connectivity index (χ2n) is 3.82. The minimum Gasteiger partial charge on any atom is -0.476 e. The van der Waals surface area contributed by atoms with E-state index in [9.17, 15) is 13.2 Å². The molecule has 0 atom stereocenters. The maximum Gasteiger partial charge on any atom is 0.433 e. The van der Waals surface area contributed by atoms with Crippen molar-refractivity contribution >= 4 is 0 Å². The SMILES string of the molecule is CC(C)NCCOc1cccc(C(F)(F)F)n1. The van der Waals surface area contributed by atoms with E-state index in [2.05, 4.69) is 10.3 Å². The van der Waals surface area contributed by atoms with Crippen LogP contribution in [-0.2, 0) is 6.18 Å². The molecule has 6 heteroatoms. The number of rotatable bonds is 5. The molecule has 0 aliphatic rings. The fraction of sp³-hybridized carbons (Fsp3) is 0.545. The number of nitrogens with zero attached hydrogens (tertiary/aromatic N) is 1. The topological polar surface area (TPSA) is 34.1 Å². The molecule has 3 nitrogen and oxygen atoms in total. The van der Waals surface area contributed by atoms with Crippen LogP contribution in [0.15, 0.2) is 18.2 Å². The Hall–Kier alpha value is -1.30. The molecule has 96 valence electrons. The van der Waals surface area contributed by atoms with Crippen LogP contribution in [0.3, 0.4) is 0 Å². The normalized spacial score (nSPS) is 11.9. The van der Waals surface area contributed by atoms with Crippen molar-refractivity contribution in [2.24, 2.45) is 0 Å². The van der Waals surface area contributed by atoms with Crippen molar-refractivity contribution in [3.8, 4) is 5.88 Å². The second-order valence-corrected chi connectivity index (χ2v) is 3.82. The molecular formula is C11H15F3N2O. The predicted octanol–water partition coefficient (Wildman–Crippen LogP) is 2.48. The van der Waals surface area contributed by atoms with Crippen LogP contribution in [0.4, 0.5) is 13.2 Å². The maximum atomic E-state index is 12.3. The minimum atomic E-state index is -4.43. The molecule has 0 aliphatic heterocycles. The Labute approximate surface area is 98.0 Å². The molecular weight excluding hydrogens is 233 g/mol. The lowest BCUT2D eigenvalue weighted by atomic mass is 10.3. The summed E-state index contributed by atoms with van der Waals surface area (Å²) in [6.07, 6.45) is -4.43. The molecule has 1 rings (SSSR count). The van der Waals surface area contributed by atoms with Crippen molar-refractivity contribution in [3.05, 3.63) is 23.9 Å². The molecule has 1 N–H and O–H groups in total. The second kappa shape index (κ2) is 5.86. The third-order valence-electron chi connectivity index (χ3n) is 1.92. The van der Waals surface area contributed by atoms with Gasteiger partial charge in [-0.15, -0.1) is 0 Å². The quantitative estimate of drug-likeness (QED) is 0.813. The smallest absolute Gasteiger partial charge is 0.433 e. The fourth-order valence-corrected chi connectivity index (χ4v) is 1.16. The number of ether oxygens (including phenoxy) is 1. The van der Waals surface area contributed by atoms with E-state index in [4.69, 9.17) is 4.74 Å². The van der Waals surface area contributed by atoms with E-state index < -0.39 is 11.9 Å². The molecule has 1 aromatic heterocycles. The van der Waals surface area contributed by atoms with Crippen molar-refractivity contribution in [3.63, 3.8) is 0 Å². The van der Waals surface area contributed by atoms with Gasteiger partial charge in [-0.1, -0.05) is 19.9 Å². The van der Waals surface area contributed by atoms with Crippen LogP contribution in [0.1, 0.15) is 19.5 Å². The lowest BCUT2D eigenvalue weighted by molar-refractivity contribution is -0.141. The summed E-state index contributed by atoms with van der Waals surface area (Å²) >= 11 is 0. The van der Waals surface area contributed by atoms with Crippen LogP contribution < -0.4 is 10.1 Å². The van der Waals surface area contributed by atoms with Gasteiger partial charge < -0.3 is 10.1 Å². The van der Waals surface area contributed by atoms with E-state index in [1.807, 2.05) is 13.8 Å². The zero-order chi connectivity index (χ0) is 12.9. The summed E-state index contributed by atoms with van der Waals surface area (Å²) in [5.74, 6) is -0.00891. The molecule has 0 aromatic carbocycles. The zero-order valence-corrected chi connectivity index (χ0v) is 9.71. The first-order chi connectivity index (χ1) is 7.89. The summed E-state index contributed by atoms with van der Waals surface area (Å²) in [7, 11) is 0. The number of nitrogens with one attached hydrogen (secondary N) is 1. The third-order valence-corrected chi connectivity index (χ3v) is 1.92. The van der Waals surface area contributed by atoms with Gasteiger partial charge >= 0.3 is 6.18 Å². The van der Waals surface area contributed by atoms with Crippen LogP contribution in [0, 0.1) is 0 Å². The van der Waals surface area contributed by atoms with Gasteiger partial charge in [-0.05, 0) is 6.07 Å². The van der Waals surface area contributed by atoms with Crippen LogP contribution >= 0.6 is 0 Å². The van der Waals surface area contributed by atoms with Crippen LogP contribution in [-0.4, -0.2) is 24.2 Å². The Balaban J connectivity index is 2.49.